The normalized spacial score (nSPS) is 22.5. The highest BCUT2D eigenvalue weighted by Crippen LogP contribution is 2.40. The van der Waals surface area contributed by atoms with E-state index in [0.717, 1.165) is 44.5 Å². The topological polar surface area (TPSA) is 53.7 Å². The molecule has 2 aliphatic rings. The lowest BCUT2D eigenvalue weighted by atomic mass is 9.89. The van der Waals surface area contributed by atoms with Gasteiger partial charge in [-0.05, 0) is 30.7 Å². The average Bonchev–Trinajstić information content (AvgIpc) is 2.93. The molecule has 0 saturated carbocycles. The fraction of sp³-hybridized carbons (Fsp3) is 0.647. The fourth-order valence-corrected chi connectivity index (χ4v) is 5.29. The van der Waals surface area contributed by atoms with Crippen LogP contribution in [0.3, 0.4) is 0 Å². The zero-order valence-electron chi connectivity index (χ0n) is 13.7. The van der Waals surface area contributed by atoms with Crippen molar-refractivity contribution in [3.63, 3.8) is 0 Å². The third-order valence-electron chi connectivity index (χ3n) is 5.31. The van der Waals surface area contributed by atoms with Crippen LogP contribution in [-0.2, 0) is 12.8 Å². The number of thiophene rings is 1. The molecule has 23 heavy (non-hydrogen) atoms. The zero-order chi connectivity index (χ0) is 15.8. The summed E-state index contributed by atoms with van der Waals surface area (Å²) in [6.07, 6.45) is 5.38. The molecule has 4 rings (SSSR count). The first kappa shape index (κ1) is 15.3. The average molecular weight is 333 g/mol. The van der Waals surface area contributed by atoms with Crippen LogP contribution in [0.4, 0.5) is 5.82 Å². The van der Waals surface area contributed by atoms with E-state index in [2.05, 4.69) is 21.8 Å². The van der Waals surface area contributed by atoms with Crippen LogP contribution in [0, 0.1) is 5.92 Å². The number of aryl methyl sites for hydroxylation is 1. The summed E-state index contributed by atoms with van der Waals surface area (Å²) < 4.78 is 0. The molecule has 3 heterocycles. The first-order valence-electron chi connectivity index (χ1n) is 8.71. The van der Waals surface area contributed by atoms with Gasteiger partial charge in [0, 0.05) is 4.88 Å². The van der Waals surface area contributed by atoms with Gasteiger partial charge in [0.15, 0.2) is 0 Å². The molecule has 2 aromatic rings. The molecule has 5 nitrogen and oxygen atoms in total. The molecule has 1 aliphatic carbocycles. The van der Waals surface area contributed by atoms with E-state index in [0.29, 0.717) is 0 Å². The van der Waals surface area contributed by atoms with E-state index in [9.17, 15) is 0 Å². The summed E-state index contributed by atoms with van der Waals surface area (Å²) >= 11 is 1.87. The van der Waals surface area contributed by atoms with E-state index in [4.69, 9.17) is 5.11 Å². The molecule has 0 bridgehead atoms. The Hall–Kier alpha value is -1.24. The molecule has 2 aromatic heterocycles. The SMILES string of the molecule is CC1CCc2c(sc3ncnc(N4CC[NH+](CCO)CC4)c23)C1. The third kappa shape index (κ3) is 2.84. The fourth-order valence-electron chi connectivity index (χ4n) is 3.94. The van der Waals surface area contributed by atoms with Crippen molar-refractivity contribution in [3.05, 3.63) is 16.8 Å². The summed E-state index contributed by atoms with van der Waals surface area (Å²) in [4.78, 5) is 15.8. The molecule has 2 N–H and O–H groups in total. The van der Waals surface area contributed by atoms with Crippen molar-refractivity contribution in [2.45, 2.75) is 26.2 Å². The first-order chi connectivity index (χ1) is 11.3. The highest BCUT2D eigenvalue weighted by molar-refractivity contribution is 7.19. The minimum atomic E-state index is 0.281. The van der Waals surface area contributed by atoms with E-state index in [-0.39, 0.29) is 6.61 Å². The maximum absolute atomic E-state index is 9.12. The smallest absolute Gasteiger partial charge is 0.141 e. The van der Waals surface area contributed by atoms with Crippen molar-refractivity contribution in [1.29, 1.82) is 0 Å². The number of piperazine rings is 1. The molecule has 1 atom stereocenters. The maximum atomic E-state index is 9.12. The number of aromatic nitrogens is 2. The number of hydrogen-bond donors (Lipinski definition) is 2. The van der Waals surface area contributed by atoms with Gasteiger partial charge in [0.2, 0.25) is 0 Å². The zero-order valence-corrected chi connectivity index (χ0v) is 14.5. The molecule has 1 unspecified atom stereocenters. The van der Waals surface area contributed by atoms with Crippen molar-refractivity contribution >= 4 is 27.4 Å². The quantitative estimate of drug-likeness (QED) is 0.860. The molecule has 6 heteroatoms. The number of anilines is 1. The van der Waals surface area contributed by atoms with Crippen LogP contribution in [0.25, 0.3) is 10.2 Å². The molecule has 0 radical (unpaired) electrons. The van der Waals surface area contributed by atoms with Crippen LogP contribution >= 0.6 is 11.3 Å². The van der Waals surface area contributed by atoms with Crippen LogP contribution < -0.4 is 9.80 Å². The van der Waals surface area contributed by atoms with E-state index in [1.807, 2.05) is 11.3 Å². The number of fused-ring (bicyclic) bond motifs is 3. The van der Waals surface area contributed by atoms with Crippen LogP contribution in [0.15, 0.2) is 6.33 Å². The summed E-state index contributed by atoms with van der Waals surface area (Å²) in [7, 11) is 0. The highest BCUT2D eigenvalue weighted by Gasteiger charge is 2.27. The maximum Gasteiger partial charge on any atom is 0.141 e. The molecule has 124 valence electrons. The Kier molecular flexibility index (Phi) is 4.22. The minimum absolute atomic E-state index is 0.281. The summed E-state index contributed by atoms with van der Waals surface area (Å²) in [5, 5.41) is 10.4. The molecule has 0 spiro atoms. The van der Waals surface area contributed by atoms with Gasteiger partial charge in [0.1, 0.15) is 23.5 Å². The summed E-state index contributed by atoms with van der Waals surface area (Å²) in [6, 6.07) is 0. The second-order valence-electron chi connectivity index (χ2n) is 6.94. The molecule has 1 saturated heterocycles. The Labute approximate surface area is 141 Å². The second-order valence-corrected chi connectivity index (χ2v) is 8.02. The number of aliphatic hydroxyl groups excluding tert-OH is 1. The van der Waals surface area contributed by atoms with Crippen molar-refractivity contribution in [2.75, 3.05) is 44.2 Å². The van der Waals surface area contributed by atoms with Gasteiger partial charge < -0.3 is 14.9 Å². The van der Waals surface area contributed by atoms with Crippen LogP contribution in [0.1, 0.15) is 23.8 Å². The van der Waals surface area contributed by atoms with Crippen LogP contribution in [-0.4, -0.2) is 54.4 Å². The van der Waals surface area contributed by atoms with E-state index in [1.165, 1.54) is 44.8 Å². The molecular formula is C17H25N4OS+. The summed E-state index contributed by atoms with van der Waals surface area (Å²) in [5.41, 5.74) is 1.52. The van der Waals surface area contributed by atoms with Gasteiger partial charge in [0.05, 0.1) is 38.2 Å². The molecule has 0 aromatic carbocycles. The van der Waals surface area contributed by atoms with Crippen molar-refractivity contribution in [3.8, 4) is 0 Å². The standard InChI is InChI=1S/C17H24N4OS/c1-12-2-3-13-14(10-12)23-17-15(13)16(18-11-19-17)21-6-4-20(5-7-21)8-9-22/h11-12,22H,2-10H2,1H3/p+1. The Morgan fingerprint density at radius 3 is 2.96 bits per heavy atom. The lowest BCUT2D eigenvalue weighted by molar-refractivity contribution is -0.900. The monoisotopic (exact) mass is 333 g/mol. The Morgan fingerprint density at radius 1 is 1.35 bits per heavy atom. The largest absolute Gasteiger partial charge is 0.391 e. The highest BCUT2D eigenvalue weighted by atomic mass is 32.1. The summed E-state index contributed by atoms with van der Waals surface area (Å²) in [6.45, 7) is 7.68. The van der Waals surface area contributed by atoms with Crippen LogP contribution in [0.2, 0.25) is 0 Å². The Bertz CT molecular complexity index is 693. The number of nitrogens with zero attached hydrogens (tertiary/aromatic N) is 3. The lowest BCUT2D eigenvalue weighted by Crippen LogP contribution is -3.15. The number of aliphatic hydroxyl groups is 1. The van der Waals surface area contributed by atoms with E-state index >= 15 is 0 Å². The number of nitrogens with one attached hydrogen (secondary N) is 1. The van der Waals surface area contributed by atoms with Crippen LogP contribution in [0.5, 0.6) is 0 Å². The predicted molar refractivity (Wildman–Crippen MR) is 93.5 cm³/mol. The van der Waals surface area contributed by atoms with Gasteiger partial charge >= 0.3 is 0 Å². The minimum Gasteiger partial charge on any atom is -0.391 e. The predicted octanol–water partition coefficient (Wildman–Crippen LogP) is 0.513. The molecular weight excluding hydrogens is 308 g/mol. The number of quaternary nitrogens is 1. The molecule has 1 fully saturated rings. The van der Waals surface area contributed by atoms with E-state index in [1.54, 1.807) is 6.33 Å². The van der Waals surface area contributed by atoms with Gasteiger partial charge in [0.25, 0.3) is 0 Å². The van der Waals surface area contributed by atoms with E-state index < -0.39 is 0 Å². The van der Waals surface area contributed by atoms with Crippen molar-refractivity contribution in [2.24, 2.45) is 5.92 Å². The van der Waals surface area contributed by atoms with Gasteiger partial charge in [-0.3, -0.25) is 0 Å². The van der Waals surface area contributed by atoms with Gasteiger partial charge in [-0.1, -0.05) is 6.92 Å². The number of hydrogen-bond acceptors (Lipinski definition) is 5. The number of rotatable bonds is 3. The lowest BCUT2D eigenvalue weighted by Gasteiger charge is -2.33. The third-order valence-corrected chi connectivity index (χ3v) is 6.47. The summed E-state index contributed by atoms with van der Waals surface area (Å²) in [5.74, 6) is 1.93. The van der Waals surface area contributed by atoms with Gasteiger partial charge in [-0.15, -0.1) is 11.3 Å². The van der Waals surface area contributed by atoms with Gasteiger partial charge in [-0.2, -0.15) is 0 Å². The van der Waals surface area contributed by atoms with Crippen molar-refractivity contribution < 1.29 is 10.0 Å². The van der Waals surface area contributed by atoms with Crippen molar-refractivity contribution in [1.82, 2.24) is 9.97 Å². The van der Waals surface area contributed by atoms with Gasteiger partial charge in [-0.25, -0.2) is 9.97 Å². The molecule has 0 amide bonds. The Balaban J connectivity index is 1.66. The molecule has 1 aliphatic heterocycles. The first-order valence-corrected chi connectivity index (χ1v) is 9.52. The Morgan fingerprint density at radius 2 is 2.17 bits per heavy atom. The second kappa shape index (κ2) is 6.34.